The SMILES string of the molecule is CC.Cc1cccc(N(N)/C=C\N)c1C. The van der Waals surface area contributed by atoms with Crippen molar-refractivity contribution in [1.29, 1.82) is 0 Å². The molecule has 0 bridgehead atoms. The van der Waals surface area contributed by atoms with Crippen molar-refractivity contribution >= 4 is 5.69 Å². The Morgan fingerprint density at radius 3 is 2.33 bits per heavy atom. The average molecular weight is 207 g/mol. The molecule has 15 heavy (non-hydrogen) atoms. The van der Waals surface area contributed by atoms with Crippen LogP contribution in [0.25, 0.3) is 0 Å². The molecule has 1 aromatic rings. The lowest BCUT2D eigenvalue weighted by molar-refractivity contribution is 1.05. The number of nitrogens with zero attached hydrogens (tertiary/aromatic N) is 1. The van der Waals surface area contributed by atoms with Gasteiger partial charge in [0.25, 0.3) is 0 Å². The van der Waals surface area contributed by atoms with Crippen LogP contribution < -0.4 is 16.6 Å². The number of hydrogen-bond acceptors (Lipinski definition) is 3. The third-order valence-corrected chi connectivity index (χ3v) is 2.10. The largest absolute Gasteiger partial charge is 0.403 e. The summed E-state index contributed by atoms with van der Waals surface area (Å²) in [6.07, 6.45) is 3.05. The lowest BCUT2D eigenvalue weighted by Gasteiger charge is -2.17. The molecule has 3 nitrogen and oxygen atoms in total. The summed E-state index contributed by atoms with van der Waals surface area (Å²) in [5, 5.41) is 1.52. The second-order valence-corrected chi connectivity index (χ2v) is 2.97. The molecule has 84 valence electrons. The van der Waals surface area contributed by atoms with Gasteiger partial charge in [-0.3, -0.25) is 5.01 Å². The van der Waals surface area contributed by atoms with E-state index >= 15 is 0 Å². The van der Waals surface area contributed by atoms with Gasteiger partial charge < -0.3 is 5.73 Å². The Bertz CT molecular complexity index is 319. The number of rotatable bonds is 2. The van der Waals surface area contributed by atoms with Crippen molar-refractivity contribution in [2.24, 2.45) is 11.6 Å². The standard InChI is InChI=1S/C10H15N3.C2H6/c1-8-4-3-5-10(9(8)2)13(12)7-6-11;1-2/h3-7H,11-12H2,1-2H3;1-2H3/b7-6-;. The third kappa shape index (κ3) is 3.64. The first-order valence-corrected chi connectivity index (χ1v) is 5.15. The molecule has 1 aromatic carbocycles. The Morgan fingerprint density at radius 1 is 1.20 bits per heavy atom. The van der Waals surface area contributed by atoms with Crippen molar-refractivity contribution in [2.75, 3.05) is 5.01 Å². The van der Waals surface area contributed by atoms with Crippen LogP contribution in [-0.4, -0.2) is 0 Å². The van der Waals surface area contributed by atoms with Crippen LogP contribution in [0, 0.1) is 13.8 Å². The van der Waals surface area contributed by atoms with E-state index in [9.17, 15) is 0 Å². The quantitative estimate of drug-likeness (QED) is 0.578. The maximum absolute atomic E-state index is 5.74. The molecule has 4 N–H and O–H groups in total. The van der Waals surface area contributed by atoms with Gasteiger partial charge in [-0.25, -0.2) is 5.84 Å². The molecule has 3 heteroatoms. The van der Waals surface area contributed by atoms with Gasteiger partial charge in [0.05, 0.1) is 5.69 Å². The van der Waals surface area contributed by atoms with Crippen LogP contribution >= 0.6 is 0 Å². The van der Waals surface area contributed by atoms with E-state index in [0.29, 0.717) is 0 Å². The molecule has 0 spiro atoms. The van der Waals surface area contributed by atoms with E-state index in [1.54, 1.807) is 6.20 Å². The van der Waals surface area contributed by atoms with Gasteiger partial charge in [-0.05, 0) is 31.0 Å². The minimum atomic E-state index is 0.974. The fourth-order valence-electron chi connectivity index (χ4n) is 1.19. The summed E-state index contributed by atoms with van der Waals surface area (Å²) in [5.41, 5.74) is 8.62. The molecule has 0 amide bonds. The van der Waals surface area contributed by atoms with Gasteiger partial charge in [-0.15, -0.1) is 0 Å². The molecule has 1 rings (SSSR count). The van der Waals surface area contributed by atoms with Gasteiger partial charge in [0.1, 0.15) is 0 Å². The summed E-state index contributed by atoms with van der Waals surface area (Å²) in [6, 6.07) is 5.99. The molecule has 0 aromatic heterocycles. The van der Waals surface area contributed by atoms with Crippen LogP contribution in [0.15, 0.2) is 30.6 Å². The highest BCUT2D eigenvalue weighted by molar-refractivity contribution is 5.56. The van der Waals surface area contributed by atoms with Crippen LogP contribution in [0.5, 0.6) is 0 Å². The molecule has 0 saturated heterocycles. The van der Waals surface area contributed by atoms with Crippen LogP contribution in [-0.2, 0) is 0 Å². The van der Waals surface area contributed by atoms with Crippen molar-refractivity contribution < 1.29 is 0 Å². The lowest BCUT2D eigenvalue weighted by Crippen LogP contribution is -2.25. The normalized spacial score (nSPS) is 9.67. The molecular weight excluding hydrogens is 186 g/mol. The summed E-state index contributed by atoms with van der Waals surface area (Å²) in [5.74, 6) is 5.74. The Balaban J connectivity index is 0.000000921. The van der Waals surface area contributed by atoms with E-state index in [4.69, 9.17) is 11.6 Å². The topological polar surface area (TPSA) is 55.3 Å². The van der Waals surface area contributed by atoms with E-state index in [0.717, 1.165) is 5.69 Å². The summed E-state index contributed by atoms with van der Waals surface area (Å²) in [6.45, 7) is 8.09. The van der Waals surface area contributed by atoms with Gasteiger partial charge in [0, 0.05) is 12.4 Å². The first kappa shape index (κ1) is 13.5. The second-order valence-electron chi connectivity index (χ2n) is 2.97. The highest BCUT2D eigenvalue weighted by Crippen LogP contribution is 2.20. The summed E-state index contributed by atoms with van der Waals surface area (Å²) >= 11 is 0. The Kier molecular flexibility index (Phi) is 6.22. The molecule has 0 aliphatic heterocycles. The van der Waals surface area contributed by atoms with Crippen molar-refractivity contribution in [3.63, 3.8) is 0 Å². The molecule has 0 atom stereocenters. The number of nitrogens with two attached hydrogens (primary N) is 2. The Hall–Kier alpha value is -1.48. The predicted molar refractivity (Wildman–Crippen MR) is 67.3 cm³/mol. The van der Waals surface area contributed by atoms with Gasteiger partial charge >= 0.3 is 0 Å². The lowest BCUT2D eigenvalue weighted by atomic mass is 10.1. The number of aryl methyl sites for hydroxylation is 1. The summed E-state index contributed by atoms with van der Waals surface area (Å²) in [7, 11) is 0. The van der Waals surface area contributed by atoms with Crippen molar-refractivity contribution in [3.8, 4) is 0 Å². The van der Waals surface area contributed by atoms with E-state index in [1.165, 1.54) is 22.3 Å². The fourth-order valence-corrected chi connectivity index (χ4v) is 1.19. The van der Waals surface area contributed by atoms with Crippen LogP contribution in [0.2, 0.25) is 0 Å². The molecule has 0 radical (unpaired) electrons. The van der Waals surface area contributed by atoms with E-state index in [-0.39, 0.29) is 0 Å². The number of hydrogen-bond donors (Lipinski definition) is 2. The Labute approximate surface area is 92.3 Å². The monoisotopic (exact) mass is 207 g/mol. The highest BCUT2D eigenvalue weighted by atomic mass is 15.4. The molecular formula is C12H21N3. The van der Waals surface area contributed by atoms with Gasteiger partial charge in [0.15, 0.2) is 0 Å². The summed E-state index contributed by atoms with van der Waals surface area (Å²) < 4.78 is 0. The van der Waals surface area contributed by atoms with Crippen LogP contribution in [0.3, 0.4) is 0 Å². The maximum Gasteiger partial charge on any atom is 0.0600 e. The zero-order chi connectivity index (χ0) is 11.8. The van der Waals surface area contributed by atoms with E-state index in [1.807, 2.05) is 32.9 Å². The molecule has 0 unspecified atom stereocenters. The number of hydrazine groups is 1. The minimum absolute atomic E-state index is 0.974. The fraction of sp³-hybridized carbons (Fsp3) is 0.333. The smallest absolute Gasteiger partial charge is 0.0600 e. The molecule has 0 aliphatic carbocycles. The zero-order valence-corrected chi connectivity index (χ0v) is 9.99. The van der Waals surface area contributed by atoms with Crippen molar-refractivity contribution in [3.05, 3.63) is 41.7 Å². The van der Waals surface area contributed by atoms with E-state index in [2.05, 4.69) is 13.0 Å². The maximum atomic E-state index is 5.74. The van der Waals surface area contributed by atoms with Gasteiger partial charge in [-0.1, -0.05) is 26.0 Å². The second kappa shape index (κ2) is 6.90. The zero-order valence-electron chi connectivity index (χ0n) is 9.99. The third-order valence-electron chi connectivity index (χ3n) is 2.10. The molecule has 0 heterocycles. The Morgan fingerprint density at radius 2 is 1.80 bits per heavy atom. The first-order chi connectivity index (χ1) is 7.16. The van der Waals surface area contributed by atoms with Crippen molar-refractivity contribution in [2.45, 2.75) is 27.7 Å². The van der Waals surface area contributed by atoms with Crippen LogP contribution in [0.4, 0.5) is 5.69 Å². The van der Waals surface area contributed by atoms with Crippen molar-refractivity contribution in [1.82, 2.24) is 0 Å². The first-order valence-electron chi connectivity index (χ1n) is 5.15. The molecule has 0 fully saturated rings. The number of benzene rings is 1. The molecule has 0 aliphatic rings. The van der Waals surface area contributed by atoms with E-state index < -0.39 is 0 Å². The number of anilines is 1. The molecule has 0 saturated carbocycles. The highest BCUT2D eigenvalue weighted by Gasteiger charge is 2.02. The van der Waals surface area contributed by atoms with Crippen LogP contribution in [0.1, 0.15) is 25.0 Å². The van der Waals surface area contributed by atoms with Gasteiger partial charge in [-0.2, -0.15) is 0 Å². The minimum Gasteiger partial charge on any atom is -0.403 e. The van der Waals surface area contributed by atoms with Gasteiger partial charge in [0.2, 0.25) is 0 Å². The average Bonchev–Trinajstić information content (AvgIpc) is 2.25. The predicted octanol–water partition coefficient (Wildman–Crippen LogP) is 2.44. The summed E-state index contributed by atoms with van der Waals surface area (Å²) in [4.78, 5) is 0.